The molecule has 1 atom stereocenters. The molecule has 43 heavy (non-hydrogen) atoms. The third kappa shape index (κ3) is 6.94. The molecule has 1 aliphatic rings. The van der Waals surface area contributed by atoms with Crippen LogP contribution >= 0.6 is 15.9 Å². The zero-order valence-electron chi connectivity index (χ0n) is 24.2. The molecule has 224 valence electrons. The molecule has 0 aromatic heterocycles. The van der Waals surface area contributed by atoms with Crippen molar-refractivity contribution in [1.29, 1.82) is 0 Å². The van der Waals surface area contributed by atoms with Gasteiger partial charge in [-0.05, 0) is 53.6 Å². The molecule has 9 heteroatoms. The predicted molar refractivity (Wildman–Crippen MR) is 174 cm³/mol. The third-order valence-corrected chi connectivity index (χ3v) is 10.1. The zero-order valence-corrected chi connectivity index (χ0v) is 26.6. The fraction of sp³-hybridized carbons (Fsp3) is 0.294. The zero-order chi connectivity index (χ0) is 30.4. The summed E-state index contributed by atoms with van der Waals surface area (Å²) in [5, 5.41) is 4.63. The summed E-state index contributed by atoms with van der Waals surface area (Å²) < 4.78 is 29.2. The van der Waals surface area contributed by atoms with Crippen LogP contribution in [0.1, 0.15) is 43.7 Å². The van der Waals surface area contributed by atoms with Crippen LogP contribution in [0.3, 0.4) is 0 Å². The number of amides is 2. The van der Waals surface area contributed by atoms with Crippen LogP contribution in [0.15, 0.2) is 100 Å². The molecule has 1 heterocycles. The molecule has 0 fully saturated rings. The van der Waals surface area contributed by atoms with Crippen molar-refractivity contribution in [3.8, 4) is 0 Å². The molecule has 0 unspecified atom stereocenters. The fourth-order valence-electron chi connectivity index (χ4n) is 5.61. The summed E-state index contributed by atoms with van der Waals surface area (Å²) >= 11 is 3.52. The molecule has 5 rings (SSSR count). The van der Waals surface area contributed by atoms with Gasteiger partial charge in [0.2, 0.25) is 11.8 Å². The highest BCUT2D eigenvalue weighted by Crippen LogP contribution is 2.42. The summed E-state index contributed by atoms with van der Waals surface area (Å²) in [6.07, 6.45) is 2.58. The number of unbranched alkanes of at least 4 members (excludes halogenated alkanes) is 1. The number of hydrogen-bond acceptors (Lipinski definition) is 4. The maximum absolute atomic E-state index is 14.0. The van der Waals surface area contributed by atoms with Crippen LogP contribution in [0.2, 0.25) is 0 Å². The quantitative estimate of drug-likeness (QED) is 0.167. The number of sulfonamides is 1. The second-order valence-electron chi connectivity index (χ2n) is 10.8. The van der Waals surface area contributed by atoms with E-state index in [1.165, 1.54) is 4.31 Å². The van der Waals surface area contributed by atoms with E-state index >= 15 is 0 Å². The van der Waals surface area contributed by atoms with Crippen LogP contribution in [0.4, 0.5) is 5.69 Å². The number of nitrogens with one attached hydrogen (secondary N) is 1. The normalized spacial score (nSPS) is 14.0. The number of rotatable bonds is 13. The topological polar surface area (TPSA) is 86.8 Å². The first-order valence-electron chi connectivity index (χ1n) is 14.7. The van der Waals surface area contributed by atoms with Crippen LogP contribution in [-0.2, 0) is 32.6 Å². The van der Waals surface area contributed by atoms with Gasteiger partial charge in [-0.3, -0.25) is 13.9 Å². The lowest BCUT2D eigenvalue weighted by atomic mass is 10.0. The average molecular weight is 663 g/mol. The summed E-state index contributed by atoms with van der Waals surface area (Å²) in [5.41, 5.74) is 2.49. The summed E-state index contributed by atoms with van der Waals surface area (Å²) in [5.74, 6) is -0.385. The standard InChI is InChI=1S/C34H36BrN3O4S/c1-2-3-20-36-34(40)30(23-25-11-5-4-6-12-25)37(24-26-13-7-16-28(35)22-26)32(39)19-10-21-38-29-17-8-14-27-15-9-18-31(33(27)29)43(38,41)42/h4-9,11-18,22,30H,2-3,10,19-21,23-24H2,1H3,(H,36,40)/t30-/m0/s1. The highest BCUT2D eigenvalue weighted by molar-refractivity contribution is 9.10. The van der Waals surface area contributed by atoms with Gasteiger partial charge in [-0.1, -0.05) is 96.0 Å². The Balaban J connectivity index is 1.39. The van der Waals surface area contributed by atoms with Crippen LogP contribution in [0.25, 0.3) is 10.8 Å². The molecule has 2 amide bonds. The van der Waals surface area contributed by atoms with Crippen molar-refractivity contribution >= 4 is 54.2 Å². The lowest BCUT2D eigenvalue weighted by Crippen LogP contribution is -2.50. The Morgan fingerprint density at radius 1 is 0.907 bits per heavy atom. The van der Waals surface area contributed by atoms with E-state index in [1.807, 2.05) is 78.9 Å². The molecule has 4 aromatic carbocycles. The molecule has 0 bridgehead atoms. The van der Waals surface area contributed by atoms with Crippen molar-refractivity contribution in [3.05, 3.63) is 107 Å². The molecule has 1 N–H and O–H groups in total. The lowest BCUT2D eigenvalue weighted by molar-refractivity contribution is -0.141. The van der Waals surface area contributed by atoms with Gasteiger partial charge in [0.1, 0.15) is 6.04 Å². The number of benzene rings is 4. The van der Waals surface area contributed by atoms with E-state index in [0.29, 0.717) is 30.0 Å². The van der Waals surface area contributed by atoms with Crippen molar-refractivity contribution in [2.75, 3.05) is 17.4 Å². The van der Waals surface area contributed by atoms with E-state index in [4.69, 9.17) is 0 Å². The largest absolute Gasteiger partial charge is 0.354 e. The Morgan fingerprint density at radius 2 is 1.63 bits per heavy atom. The molecule has 7 nitrogen and oxygen atoms in total. The molecular weight excluding hydrogens is 626 g/mol. The number of hydrogen-bond donors (Lipinski definition) is 1. The summed E-state index contributed by atoms with van der Waals surface area (Å²) in [6.45, 7) is 3.02. The van der Waals surface area contributed by atoms with E-state index in [-0.39, 0.29) is 31.3 Å². The maximum atomic E-state index is 14.0. The van der Waals surface area contributed by atoms with Crippen molar-refractivity contribution in [1.82, 2.24) is 10.2 Å². The van der Waals surface area contributed by atoms with Gasteiger partial charge in [0, 0.05) is 42.3 Å². The van der Waals surface area contributed by atoms with Gasteiger partial charge in [0.25, 0.3) is 10.0 Å². The Labute approximate surface area is 262 Å². The Bertz CT molecular complexity index is 1710. The SMILES string of the molecule is CCCCNC(=O)[C@H](Cc1ccccc1)N(Cc1cccc(Br)c1)C(=O)CCCN1c2cccc3cccc(c23)S1(=O)=O. The summed E-state index contributed by atoms with van der Waals surface area (Å²) in [6, 6.07) is 27.6. The average Bonchev–Trinajstić information content (AvgIpc) is 3.22. The fourth-order valence-corrected chi connectivity index (χ4v) is 7.80. The second kappa shape index (κ2) is 13.7. The van der Waals surface area contributed by atoms with Gasteiger partial charge < -0.3 is 10.2 Å². The Hall–Kier alpha value is -3.69. The lowest BCUT2D eigenvalue weighted by Gasteiger charge is -2.32. The molecule has 0 aliphatic carbocycles. The first kappa shape index (κ1) is 30.8. The highest BCUT2D eigenvalue weighted by Gasteiger charge is 2.36. The van der Waals surface area contributed by atoms with Gasteiger partial charge in [0.15, 0.2) is 0 Å². The Morgan fingerprint density at radius 3 is 2.37 bits per heavy atom. The summed E-state index contributed by atoms with van der Waals surface area (Å²) in [7, 11) is -3.71. The van der Waals surface area contributed by atoms with Crippen molar-refractivity contribution in [3.63, 3.8) is 0 Å². The number of carbonyl (C=O) groups excluding carboxylic acids is 2. The van der Waals surface area contributed by atoms with E-state index in [9.17, 15) is 18.0 Å². The Kier molecular flexibility index (Phi) is 9.82. The van der Waals surface area contributed by atoms with Gasteiger partial charge >= 0.3 is 0 Å². The molecular formula is C34H36BrN3O4S. The first-order chi connectivity index (χ1) is 20.8. The van der Waals surface area contributed by atoms with Crippen LogP contribution < -0.4 is 9.62 Å². The van der Waals surface area contributed by atoms with Crippen molar-refractivity contribution in [2.45, 2.75) is 56.5 Å². The van der Waals surface area contributed by atoms with Crippen LogP contribution in [-0.4, -0.2) is 44.3 Å². The van der Waals surface area contributed by atoms with E-state index in [1.54, 1.807) is 17.0 Å². The van der Waals surface area contributed by atoms with Gasteiger partial charge in [-0.25, -0.2) is 8.42 Å². The molecule has 0 saturated heterocycles. The van der Waals surface area contributed by atoms with E-state index in [2.05, 4.69) is 28.2 Å². The molecule has 0 saturated carbocycles. The molecule has 1 aliphatic heterocycles. The number of anilines is 1. The predicted octanol–water partition coefficient (Wildman–Crippen LogP) is 6.45. The highest BCUT2D eigenvalue weighted by atomic mass is 79.9. The van der Waals surface area contributed by atoms with Gasteiger partial charge in [0.05, 0.1) is 10.6 Å². The summed E-state index contributed by atoms with van der Waals surface area (Å²) in [4.78, 5) is 29.6. The second-order valence-corrected chi connectivity index (χ2v) is 13.6. The first-order valence-corrected chi connectivity index (χ1v) is 16.9. The minimum atomic E-state index is -3.71. The number of halogens is 1. The van der Waals surface area contributed by atoms with Crippen molar-refractivity contribution in [2.24, 2.45) is 0 Å². The molecule has 0 spiro atoms. The third-order valence-electron chi connectivity index (χ3n) is 7.78. The van der Waals surface area contributed by atoms with Gasteiger partial charge in [-0.15, -0.1) is 0 Å². The minimum Gasteiger partial charge on any atom is -0.354 e. The van der Waals surface area contributed by atoms with E-state index < -0.39 is 16.1 Å². The van der Waals surface area contributed by atoms with Crippen LogP contribution in [0, 0.1) is 0 Å². The number of nitrogens with zero attached hydrogens (tertiary/aromatic N) is 2. The monoisotopic (exact) mass is 661 g/mol. The smallest absolute Gasteiger partial charge is 0.265 e. The molecule has 4 aromatic rings. The van der Waals surface area contributed by atoms with E-state index in [0.717, 1.165) is 39.2 Å². The minimum absolute atomic E-state index is 0.0971. The van der Waals surface area contributed by atoms with Crippen molar-refractivity contribution < 1.29 is 18.0 Å². The maximum Gasteiger partial charge on any atom is 0.265 e. The number of carbonyl (C=O) groups is 2. The molecule has 0 radical (unpaired) electrons. The van der Waals surface area contributed by atoms with Gasteiger partial charge in [-0.2, -0.15) is 0 Å². The van der Waals surface area contributed by atoms with Crippen LogP contribution in [0.5, 0.6) is 0 Å².